The quantitative estimate of drug-likeness (QED) is 0.443. The van der Waals surface area contributed by atoms with Gasteiger partial charge in [0.05, 0.1) is 11.5 Å². The van der Waals surface area contributed by atoms with Crippen molar-refractivity contribution in [2.24, 2.45) is 0 Å². The monoisotopic (exact) mass is 244 g/mol. The standard InChI is InChI=1S/C9H9FN2O5/c1-2-17-9(14)7(10)11-5-3-4-6(8(11)13)12(15)16/h3-5,7H,2H2,1H3. The number of alkyl halides is 1. The van der Waals surface area contributed by atoms with Crippen molar-refractivity contribution in [2.75, 3.05) is 6.61 Å². The predicted octanol–water partition coefficient (Wildman–Crippen LogP) is 0.788. The maximum Gasteiger partial charge on any atom is 0.362 e. The Morgan fingerprint density at radius 2 is 2.35 bits per heavy atom. The number of nitro groups is 1. The molecule has 0 saturated carbocycles. The van der Waals surface area contributed by atoms with Gasteiger partial charge in [-0.15, -0.1) is 0 Å². The molecule has 1 heterocycles. The number of rotatable bonds is 4. The number of halogens is 1. The average molecular weight is 244 g/mol. The normalized spacial score (nSPS) is 11.9. The summed E-state index contributed by atoms with van der Waals surface area (Å²) in [6, 6.07) is 2.03. The van der Waals surface area contributed by atoms with Gasteiger partial charge in [0.2, 0.25) is 0 Å². The van der Waals surface area contributed by atoms with Crippen molar-refractivity contribution in [2.45, 2.75) is 13.2 Å². The van der Waals surface area contributed by atoms with Crippen LogP contribution < -0.4 is 5.56 Å². The number of aromatic nitrogens is 1. The van der Waals surface area contributed by atoms with Crippen LogP contribution in [0.15, 0.2) is 23.1 Å². The molecule has 1 aromatic heterocycles. The second-order valence-corrected chi connectivity index (χ2v) is 2.95. The second-order valence-electron chi connectivity index (χ2n) is 2.95. The van der Waals surface area contributed by atoms with E-state index in [1.165, 1.54) is 6.92 Å². The Bertz CT molecular complexity index is 498. The van der Waals surface area contributed by atoms with Crippen molar-refractivity contribution in [1.29, 1.82) is 0 Å². The van der Waals surface area contributed by atoms with Gasteiger partial charge in [0, 0.05) is 12.3 Å². The lowest BCUT2D eigenvalue weighted by Crippen LogP contribution is -2.29. The minimum atomic E-state index is -2.39. The number of hydrogen-bond donors (Lipinski definition) is 0. The third-order valence-corrected chi connectivity index (χ3v) is 1.88. The molecule has 0 amide bonds. The van der Waals surface area contributed by atoms with E-state index in [-0.39, 0.29) is 6.61 Å². The van der Waals surface area contributed by atoms with Crippen LogP contribution >= 0.6 is 0 Å². The van der Waals surface area contributed by atoms with Crippen molar-refractivity contribution in [3.63, 3.8) is 0 Å². The number of hydrogen-bond acceptors (Lipinski definition) is 5. The highest BCUT2D eigenvalue weighted by molar-refractivity contribution is 5.72. The van der Waals surface area contributed by atoms with E-state index in [1.807, 2.05) is 0 Å². The van der Waals surface area contributed by atoms with Crippen LogP contribution in [0, 0.1) is 10.1 Å². The smallest absolute Gasteiger partial charge is 0.362 e. The third-order valence-electron chi connectivity index (χ3n) is 1.88. The molecule has 0 aliphatic heterocycles. The van der Waals surface area contributed by atoms with Gasteiger partial charge in [0.15, 0.2) is 0 Å². The molecule has 0 aliphatic carbocycles. The molecule has 0 N–H and O–H groups in total. The van der Waals surface area contributed by atoms with Crippen LogP contribution in [0.25, 0.3) is 0 Å². The maximum absolute atomic E-state index is 13.5. The highest BCUT2D eigenvalue weighted by Crippen LogP contribution is 2.10. The van der Waals surface area contributed by atoms with Gasteiger partial charge in [-0.2, -0.15) is 0 Å². The molecule has 0 aromatic carbocycles. The molecule has 92 valence electrons. The summed E-state index contributed by atoms with van der Waals surface area (Å²) in [6.45, 7) is 1.42. The molecule has 0 aliphatic rings. The molecule has 1 rings (SSSR count). The molecule has 0 spiro atoms. The summed E-state index contributed by atoms with van der Waals surface area (Å²) < 4.78 is 18.2. The van der Waals surface area contributed by atoms with E-state index in [0.717, 1.165) is 18.3 Å². The first-order valence-corrected chi connectivity index (χ1v) is 4.65. The van der Waals surface area contributed by atoms with Gasteiger partial charge in [-0.1, -0.05) is 0 Å². The topological polar surface area (TPSA) is 91.4 Å². The van der Waals surface area contributed by atoms with E-state index in [9.17, 15) is 24.1 Å². The van der Waals surface area contributed by atoms with Crippen LogP contribution in [0.4, 0.5) is 10.1 Å². The average Bonchev–Trinajstić information content (AvgIpc) is 2.28. The van der Waals surface area contributed by atoms with Crippen molar-refractivity contribution >= 4 is 11.7 Å². The molecule has 0 saturated heterocycles. The Morgan fingerprint density at radius 3 is 2.88 bits per heavy atom. The Morgan fingerprint density at radius 1 is 1.71 bits per heavy atom. The first-order chi connectivity index (χ1) is 7.99. The molecule has 0 radical (unpaired) electrons. The van der Waals surface area contributed by atoms with Crippen molar-refractivity contribution in [3.8, 4) is 0 Å². The molecule has 7 nitrogen and oxygen atoms in total. The summed E-state index contributed by atoms with van der Waals surface area (Å²) in [5.41, 5.74) is -2.00. The molecule has 1 aromatic rings. The van der Waals surface area contributed by atoms with Crippen LogP contribution in [0.5, 0.6) is 0 Å². The predicted molar refractivity (Wildman–Crippen MR) is 54.1 cm³/mol. The van der Waals surface area contributed by atoms with E-state index in [2.05, 4.69) is 4.74 Å². The summed E-state index contributed by atoms with van der Waals surface area (Å²) in [4.78, 5) is 32.0. The minimum absolute atomic E-state index is 0.0526. The fraction of sp³-hybridized carbons (Fsp3) is 0.333. The van der Waals surface area contributed by atoms with Gasteiger partial charge < -0.3 is 4.74 Å². The first kappa shape index (κ1) is 12.8. The van der Waals surface area contributed by atoms with E-state index in [1.54, 1.807) is 0 Å². The van der Waals surface area contributed by atoms with Crippen LogP contribution in [0.2, 0.25) is 0 Å². The number of carbonyl (C=O) groups is 1. The number of pyridine rings is 1. The van der Waals surface area contributed by atoms with Gasteiger partial charge in [0.25, 0.3) is 6.30 Å². The molecule has 8 heteroatoms. The third kappa shape index (κ3) is 2.65. The van der Waals surface area contributed by atoms with Crippen molar-refractivity contribution in [3.05, 3.63) is 38.8 Å². The number of ether oxygens (including phenoxy) is 1. The summed E-state index contributed by atoms with van der Waals surface area (Å²) in [6.07, 6.45) is -1.45. The first-order valence-electron chi connectivity index (χ1n) is 4.65. The van der Waals surface area contributed by atoms with E-state index < -0.39 is 28.4 Å². The molecule has 0 bridgehead atoms. The van der Waals surface area contributed by atoms with Crippen molar-refractivity contribution in [1.82, 2.24) is 4.57 Å². The van der Waals surface area contributed by atoms with Crippen LogP contribution in [-0.2, 0) is 9.53 Å². The van der Waals surface area contributed by atoms with Gasteiger partial charge in [0.1, 0.15) is 0 Å². The lowest BCUT2D eigenvalue weighted by atomic mass is 10.4. The molecule has 0 fully saturated rings. The van der Waals surface area contributed by atoms with Gasteiger partial charge in [-0.3, -0.25) is 19.5 Å². The zero-order valence-corrected chi connectivity index (χ0v) is 8.83. The van der Waals surface area contributed by atoms with E-state index in [0.29, 0.717) is 4.57 Å². The van der Waals surface area contributed by atoms with Crippen LogP contribution in [-0.4, -0.2) is 22.1 Å². The fourth-order valence-electron chi connectivity index (χ4n) is 1.14. The van der Waals surface area contributed by atoms with Gasteiger partial charge >= 0.3 is 17.2 Å². The number of nitrogens with zero attached hydrogens (tertiary/aromatic N) is 2. The second kappa shape index (κ2) is 5.19. The lowest BCUT2D eigenvalue weighted by molar-refractivity contribution is -0.386. The fourth-order valence-corrected chi connectivity index (χ4v) is 1.14. The molecule has 17 heavy (non-hydrogen) atoms. The summed E-state index contributed by atoms with van der Waals surface area (Å²) in [5, 5.41) is 10.4. The van der Waals surface area contributed by atoms with E-state index in [4.69, 9.17) is 0 Å². The highest BCUT2D eigenvalue weighted by atomic mass is 19.1. The molecular weight excluding hydrogens is 235 g/mol. The van der Waals surface area contributed by atoms with Crippen molar-refractivity contribution < 1.29 is 18.8 Å². The number of carbonyl (C=O) groups excluding carboxylic acids is 1. The number of esters is 1. The zero-order chi connectivity index (χ0) is 13.0. The zero-order valence-electron chi connectivity index (χ0n) is 8.83. The Hall–Kier alpha value is -2.25. The Kier molecular flexibility index (Phi) is 3.91. The molecule has 1 unspecified atom stereocenters. The highest BCUT2D eigenvalue weighted by Gasteiger charge is 2.25. The van der Waals surface area contributed by atoms with Gasteiger partial charge in [-0.05, 0) is 13.0 Å². The largest absolute Gasteiger partial charge is 0.462 e. The maximum atomic E-state index is 13.5. The summed E-state index contributed by atoms with van der Waals surface area (Å²) >= 11 is 0. The van der Waals surface area contributed by atoms with Crippen LogP contribution in [0.3, 0.4) is 0 Å². The molecule has 1 atom stereocenters. The Labute approximate surface area is 94.6 Å². The lowest BCUT2D eigenvalue weighted by Gasteiger charge is -2.09. The van der Waals surface area contributed by atoms with Crippen LogP contribution in [0.1, 0.15) is 13.2 Å². The molecular formula is C9H9FN2O5. The summed E-state index contributed by atoms with van der Waals surface area (Å²) in [7, 11) is 0. The minimum Gasteiger partial charge on any atom is -0.462 e. The Balaban J connectivity index is 3.15. The van der Waals surface area contributed by atoms with Gasteiger partial charge in [-0.25, -0.2) is 9.18 Å². The SMILES string of the molecule is CCOC(=O)C(F)n1cccc([N+](=O)[O-])c1=O. The summed E-state index contributed by atoms with van der Waals surface area (Å²) in [5.74, 6) is -1.27. The van der Waals surface area contributed by atoms with E-state index >= 15 is 0 Å².